The Morgan fingerprint density at radius 2 is 2.00 bits per heavy atom. The molecule has 6 heteroatoms. The molecule has 0 bridgehead atoms. The first kappa shape index (κ1) is 15.4. The minimum Gasteiger partial charge on any atom is -0.465 e. The monoisotopic (exact) mass is 251 g/mol. The molecule has 0 aromatic rings. The van der Waals surface area contributed by atoms with Crippen LogP contribution < -0.4 is 5.73 Å². The molecule has 96 valence electrons. The van der Waals surface area contributed by atoms with Crippen LogP contribution in [0.15, 0.2) is 0 Å². The molecule has 16 heavy (non-hydrogen) atoms. The molecule has 0 aliphatic rings. The van der Waals surface area contributed by atoms with Gasteiger partial charge < -0.3 is 10.5 Å². The minimum atomic E-state index is -3.52. The number of unbranched alkanes of at least 4 members (excludes halogenated alkanes) is 1. The fourth-order valence-electron chi connectivity index (χ4n) is 1.18. The Balaban J connectivity index is 4.72. The fourth-order valence-corrected chi connectivity index (χ4v) is 2.03. The van der Waals surface area contributed by atoms with E-state index >= 15 is 0 Å². The van der Waals surface area contributed by atoms with Gasteiger partial charge in [0, 0.05) is 6.26 Å². The van der Waals surface area contributed by atoms with Crippen molar-refractivity contribution < 1.29 is 17.9 Å². The van der Waals surface area contributed by atoms with E-state index in [1.54, 1.807) is 0 Å². The highest BCUT2D eigenvalue weighted by molar-refractivity contribution is 7.92. The van der Waals surface area contributed by atoms with Gasteiger partial charge in [-0.05, 0) is 26.3 Å². The predicted molar refractivity (Wildman–Crippen MR) is 62.8 cm³/mol. The summed E-state index contributed by atoms with van der Waals surface area (Å²) in [5.41, 5.74) is 5.33. The molecule has 0 fully saturated rings. The van der Waals surface area contributed by atoms with E-state index in [2.05, 4.69) is 0 Å². The van der Waals surface area contributed by atoms with Crippen molar-refractivity contribution in [2.24, 2.45) is 5.73 Å². The lowest BCUT2D eigenvalue weighted by molar-refractivity contribution is -0.146. The van der Waals surface area contributed by atoms with E-state index in [-0.39, 0.29) is 19.6 Å². The zero-order valence-corrected chi connectivity index (χ0v) is 11.0. The van der Waals surface area contributed by atoms with Crippen molar-refractivity contribution in [1.82, 2.24) is 0 Å². The maximum Gasteiger partial charge on any atom is 0.327 e. The number of carbonyl (C=O) groups is 1. The van der Waals surface area contributed by atoms with Crippen LogP contribution >= 0.6 is 0 Å². The number of hydrogen-bond acceptors (Lipinski definition) is 5. The van der Waals surface area contributed by atoms with E-state index in [0.29, 0.717) is 0 Å². The van der Waals surface area contributed by atoms with Gasteiger partial charge in [-0.15, -0.1) is 0 Å². The third-order valence-corrected chi connectivity index (χ3v) is 4.61. The molecule has 0 heterocycles. The standard InChI is InChI=1S/C10H21NO4S/c1-4-5-8-15-9(12)10(2,6-7-11)16(3,13)14/h4-8,11H2,1-3H3. The van der Waals surface area contributed by atoms with E-state index in [9.17, 15) is 13.2 Å². The Morgan fingerprint density at radius 3 is 2.38 bits per heavy atom. The second-order valence-corrected chi connectivity index (χ2v) is 6.48. The Hall–Kier alpha value is -0.620. The topological polar surface area (TPSA) is 86.5 Å². The first-order valence-electron chi connectivity index (χ1n) is 5.36. The summed E-state index contributed by atoms with van der Waals surface area (Å²) in [5, 5.41) is 0. The lowest BCUT2D eigenvalue weighted by Gasteiger charge is -2.24. The molecule has 0 saturated heterocycles. The van der Waals surface area contributed by atoms with E-state index in [4.69, 9.17) is 10.5 Å². The quantitative estimate of drug-likeness (QED) is 0.525. The molecule has 2 N–H and O–H groups in total. The van der Waals surface area contributed by atoms with Crippen LogP contribution in [0, 0.1) is 0 Å². The summed E-state index contributed by atoms with van der Waals surface area (Å²) in [5.74, 6) is -0.700. The zero-order valence-electron chi connectivity index (χ0n) is 10.2. The minimum absolute atomic E-state index is 0.0802. The van der Waals surface area contributed by atoms with Gasteiger partial charge >= 0.3 is 5.97 Å². The Bertz CT molecular complexity index is 326. The van der Waals surface area contributed by atoms with Gasteiger partial charge in [-0.3, -0.25) is 4.79 Å². The molecule has 5 nitrogen and oxygen atoms in total. The summed E-state index contributed by atoms with van der Waals surface area (Å²) < 4.78 is 26.6. The lowest BCUT2D eigenvalue weighted by Crippen LogP contribution is -2.46. The fraction of sp³-hybridized carbons (Fsp3) is 0.900. The number of hydrogen-bond donors (Lipinski definition) is 1. The highest BCUT2D eigenvalue weighted by Crippen LogP contribution is 2.22. The Labute approximate surface area is 97.3 Å². The van der Waals surface area contributed by atoms with Gasteiger partial charge in [0.05, 0.1) is 6.61 Å². The maximum atomic E-state index is 11.7. The van der Waals surface area contributed by atoms with Crippen molar-refractivity contribution in [3.63, 3.8) is 0 Å². The van der Waals surface area contributed by atoms with E-state index in [1.165, 1.54) is 6.92 Å². The molecule has 0 aliphatic carbocycles. The third kappa shape index (κ3) is 3.75. The van der Waals surface area contributed by atoms with Crippen LogP contribution in [0.4, 0.5) is 0 Å². The van der Waals surface area contributed by atoms with Crippen molar-refractivity contribution in [3.8, 4) is 0 Å². The van der Waals surface area contributed by atoms with Crippen LogP contribution in [0.2, 0.25) is 0 Å². The van der Waals surface area contributed by atoms with Crippen LogP contribution in [-0.2, 0) is 19.4 Å². The summed E-state index contributed by atoms with van der Waals surface area (Å²) >= 11 is 0. The van der Waals surface area contributed by atoms with Crippen LogP contribution in [0.25, 0.3) is 0 Å². The number of sulfone groups is 1. The van der Waals surface area contributed by atoms with Gasteiger partial charge in [-0.2, -0.15) is 0 Å². The number of esters is 1. The molecule has 1 atom stereocenters. The molecule has 0 amide bonds. The van der Waals surface area contributed by atoms with Gasteiger partial charge in [0.15, 0.2) is 14.6 Å². The predicted octanol–water partition coefficient (Wildman–Crippen LogP) is 0.482. The molecule has 0 aromatic heterocycles. The van der Waals surface area contributed by atoms with Crippen molar-refractivity contribution in [1.29, 1.82) is 0 Å². The van der Waals surface area contributed by atoms with Gasteiger partial charge in [0.2, 0.25) is 0 Å². The molecule has 0 aromatic carbocycles. The molecule has 0 rings (SSSR count). The van der Waals surface area contributed by atoms with Crippen molar-refractivity contribution in [2.75, 3.05) is 19.4 Å². The largest absolute Gasteiger partial charge is 0.465 e. The van der Waals surface area contributed by atoms with Crippen molar-refractivity contribution in [3.05, 3.63) is 0 Å². The van der Waals surface area contributed by atoms with Gasteiger partial charge in [-0.25, -0.2) is 8.42 Å². The maximum absolute atomic E-state index is 11.7. The average molecular weight is 251 g/mol. The summed E-state index contributed by atoms with van der Waals surface area (Å²) in [7, 11) is -3.52. The van der Waals surface area contributed by atoms with Crippen LogP contribution in [0.3, 0.4) is 0 Å². The van der Waals surface area contributed by atoms with E-state index < -0.39 is 20.6 Å². The molecule has 0 saturated carbocycles. The molecule has 1 unspecified atom stereocenters. The molecule has 0 spiro atoms. The Kier molecular flexibility index (Phi) is 5.96. The van der Waals surface area contributed by atoms with Crippen LogP contribution in [0.1, 0.15) is 33.1 Å². The van der Waals surface area contributed by atoms with Gasteiger partial charge in [0.25, 0.3) is 0 Å². The third-order valence-electron chi connectivity index (χ3n) is 2.60. The second kappa shape index (κ2) is 6.20. The average Bonchev–Trinajstić information content (AvgIpc) is 2.16. The summed E-state index contributed by atoms with van der Waals surface area (Å²) in [6.45, 7) is 3.71. The SMILES string of the molecule is CCCCOC(=O)C(C)(CCN)S(C)(=O)=O. The van der Waals surface area contributed by atoms with Crippen LogP contribution in [-0.4, -0.2) is 38.5 Å². The molecular weight excluding hydrogens is 230 g/mol. The highest BCUT2D eigenvalue weighted by Gasteiger charge is 2.44. The Morgan fingerprint density at radius 1 is 1.44 bits per heavy atom. The summed E-state index contributed by atoms with van der Waals surface area (Å²) in [6.07, 6.45) is 2.73. The van der Waals surface area contributed by atoms with E-state index in [0.717, 1.165) is 19.1 Å². The number of rotatable bonds is 7. The first-order chi connectivity index (χ1) is 7.29. The summed E-state index contributed by atoms with van der Waals surface area (Å²) in [6, 6.07) is 0. The molecule has 0 radical (unpaired) electrons. The highest BCUT2D eigenvalue weighted by atomic mass is 32.2. The number of ether oxygens (including phenoxy) is 1. The van der Waals surface area contributed by atoms with Crippen molar-refractivity contribution >= 4 is 15.8 Å². The van der Waals surface area contributed by atoms with Crippen molar-refractivity contribution in [2.45, 2.75) is 37.9 Å². The molecular formula is C10H21NO4S. The van der Waals surface area contributed by atoms with E-state index in [1.807, 2.05) is 6.92 Å². The lowest BCUT2D eigenvalue weighted by atomic mass is 10.1. The summed E-state index contributed by atoms with van der Waals surface area (Å²) in [4.78, 5) is 11.7. The van der Waals surface area contributed by atoms with Gasteiger partial charge in [-0.1, -0.05) is 13.3 Å². The van der Waals surface area contributed by atoms with Crippen LogP contribution in [0.5, 0.6) is 0 Å². The first-order valence-corrected chi connectivity index (χ1v) is 7.25. The second-order valence-electron chi connectivity index (χ2n) is 4.03. The normalized spacial score (nSPS) is 15.5. The zero-order chi connectivity index (χ0) is 12.8. The smallest absolute Gasteiger partial charge is 0.327 e. The number of carbonyl (C=O) groups excluding carboxylic acids is 1. The molecule has 0 aliphatic heterocycles. The number of nitrogens with two attached hydrogens (primary N) is 1. The van der Waals surface area contributed by atoms with Gasteiger partial charge in [0.1, 0.15) is 0 Å².